The summed E-state index contributed by atoms with van der Waals surface area (Å²) in [5.41, 5.74) is 3.06. The van der Waals surface area contributed by atoms with Gasteiger partial charge in [0.05, 0.1) is 12.3 Å². The molecule has 1 heterocycles. The van der Waals surface area contributed by atoms with Crippen molar-refractivity contribution in [3.63, 3.8) is 0 Å². The zero-order valence-corrected chi connectivity index (χ0v) is 11.3. The van der Waals surface area contributed by atoms with E-state index >= 15 is 0 Å². The second-order valence-electron chi connectivity index (χ2n) is 4.24. The van der Waals surface area contributed by atoms with Crippen LogP contribution in [0.4, 0.5) is 4.39 Å². The average molecular weight is 281 g/mol. The van der Waals surface area contributed by atoms with Crippen LogP contribution in [0.25, 0.3) is 0 Å². The van der Waals surface area contributed by atoms with E-state index < -0.39 is 0 Å². The average Bonchev–Trinajstić information content (AvgIpc) is 2.92. The number of halogens is 1. The van der Waals surface area contributed by atoms with Gasteiger partial charge in [-0.15, -0.1) is 0 Å². The van der Waals surface area contributed by atoms with Gasteiger partial charge in [-0.2, -0.15) is 5.10 Å². The zero-order valence-electron chi connectivity index (χ0n) is 10.4. The van der Waals surface area contributed by atoms with Crippen LogP contribution in [0.2, 0.25) is 0 Å². The Kier molecular flexibility index (Phi) is 5.23. The molecule has 19 heavy (non-hydrogen) atoms. The van der Waals surface area contributed by atoms with Gasteiger partial charge in [0.2, 0.25) is 0 Å². The van der Waals surface area contributed by atoms with Gasteiger partial charge in [0.25, 0.3) is 0 Å². The topological polar surface area (TPSA) is 45.7 Å². The predicted octanol–water partition coefficient (Wildman–Crippen LogP) is 1.80. The summed E-state index contributed by atoms with van der Waals surface area (Å²) in [5, 5.41) is 7.31. The van der Waals surface area contributed by atoms with Crippen molar-refractivity contribution in [2.24, 2.45) is 5.10 Å². The Hall–Kier alpha value is -1.53. The first-order valence-corrected chi connectivity index (χ1v) is 6.59. The molecule has 0 spiro atoms. The van der Waals surface area contributed by atoms with Gasteiger partial charge in [-0.1, -0.05) is 18.2 Å². The number of hydrogen-bond acceptors (Lipinski definition) is 3. The third-order valence-corrected chi connectivity index (χ3v) is 3.02. The van der Waals surface area contributed by atoms with Crippen LogP contribution in [0.5, 0.6) is 0 Å². The highest BCUT2D eigenvalue weighted by atomic mass is 32.1. The Labute approximate surface area is 117 Å². The minimum Gasteiger partial charge on any atom is -0.376 e. The fraction of sp³-hybridized carbons (Fsp3) is 0.385. The lowest BCUT2D eigenvalue weighted by Gasteiger charge is -2.11. The second-order valence-corrected chi connectivity index (χ2v) is 4.64. The molecule has 2 rings (SSSR count). The van der Waals surface area contributed by atoms with Crippen LogP contribution in [0.1, 0.15) is 18.4 Å². The SMILES string of the molecule is Fc1ccccc1/C=N\NC(=S)NC[C@H]1CCCO1. The van der Waals surface area contributed by atoms with Crippen LogP contribution in [0.15, 0.2) is 29.4 Å². The standard InChI is InChI=1S/C13H16FN3OS/c14-12-6-2-1-4-10(12)8-16-17-13(19)15-9-11-5-3-7-18-11/h1-2,4,6,8,11H,3,5,7,9H2,(H2,15,17,19)/b16-8-/t11-/m1/s1. The molecule has 1 aliphatic heterocycles. The van der Waals surface area contributed by atoms with Gasteiger partial charge < -0.3 is 10.1 Å². The molecule has 6 heteroatoms. The highest BCUT2D eigenvalue weighted by molar-refractivity contribution is 7.80. The minimum atomic E-state index is -0.314. The molecule has 1 atom stereocenters. The van der Waals surface area contributed by atoms with Gasteiger partial charge in [0, 0.05) is 18.7 Å². The molecule has 0 amide bonds. The quantitative estimate of drug-likeness (QED) is 0.502. The zero-order chi connectivity index (χ0) is 13.5. The lowest BCUT2D eigenvalue weighted by atomic mass is 10.2. The first-order chi connectivity index (χ1) is 9.25. The molecule has 0 aromatic heterocycles. The molecule has 0 aliphatic carbocycles. The largest absolute Gasteiger partial charge is 0.376 e. The maximum absolute atomic E-state index is 13.3. The highest BCUT2D eigenvalue weighted by Gasteiger charge is 2.14. The summed E-state index contributed by atoms with van der Waals surface area (Å²) >= 11 is 5.05. The summed E-state index contributed by atoms with van der Waals surface area (Å²) in [6, 6.07) is 6.41. The molecular weight excluding hydrogens is 265 g/mol. The van der Waals surface area contributed by atoms with Crippen molar-refractivity contribution in [2.45, 2.75) is 18.9 Å². The van der Waals surface area contributed by atoms with Crippen LogP contribution in [-0.2, 0) is 4.74 Å². The lowest BCUT2D eigenvalue weighted by Crippen LogP contribution is -2.37. The summed E-state index contributed by atoms with van der Waals surface area (Å²) in [5.74, 6) is -0.314. The molecule has 1 aromatic carbocycles. The second kappa shape index (κ2) is 7.16. The fourth-order valence-electron chi connectivity index (χ4n) is 1.79. The van der Waals surface area contributed by atoms with Crippen LogP contribution >= 0.6 is 12.2 Å². The number of ether oxygens (including phenoxy) is 1. The first kappa shape index (κ1) is 13.9. The van der Waals surface area contributed by atoms with E-state index in [0.29, 0.717) is 17.2 Å². The summed E-state index contributed by atoms with van der Waals surface area (Å²) in [6.45, 7) is 1.49. The third kappa shape index (κ3) is 4.57. The number of hydrogen-bond donors (Lipinski definition) is 2. The van der Waals surface area contributed by atoms with E-state index in [1.807, 2.05) is 0 Å². The van der Waals surface area contributed by atoms with E-state index in [9.17, 15) is 4.39 Å². The number of rotatable bonds is 4. The van der Waals surface area contributed by atoms with Gasteiger partial charge in [-0.25, -0.2) is 4.39 Å². The molecule has 0 saturated carbocycles. The van der Waals surface area contributed by atoms with Gasteiger partial charge in [0.1, 0.15) is 5.82 Å². The number of benzene rings is 1. The van der Waals surface area contributed by atoms with Crippen molar-refractivity contribution >= 4 is 23.5 Å². The Morgan fingerprint density at radius 2 is 2.37 bits per heavy atom. The van der Waals surface area contributed by atoms with Crippen molar-refractivity contribution in [1.82, 2.24) is 10.7 Å². The van der Waals surface area contributed by atoms with Crippen LogP contribution < -0.4 is 10.7 Å². The van der Waals surface area contributed by atoms with Crippen molar-refractivity contribution in [1.29, 1.82) is 0 Å². The minimum absolute atomic E-state index is 0.218. The normalized spacial score (nSPS) is 18.7. The highest BCUT2D eigenvalue weighted by Crippen LogP contribution is 2.10. The lowest BCUT2D eigenvalue weighted by molar-refractivity contribution is 0.114. The first-order valence-electron chi connectivity index (χ1n) is 6.19. The molecule has 102 valence electrons. The number of thiocarbonyl (C=S) groups is 1. The molecule has 2 N–H and O–H groups in total. The Morgan fingerprint density at radius 1 is 1.53 bits per heavy atom. The predicted molar refractivity (Wildman–Crippen MR) is 76.7 cm³/mol. The Bertz CT molecular complexity index is 461. The molecule has 1 aromatic rings. The van der Waals surface area contributed by atoms with Gasteiger partial charge in [0.15, 0.2) is 5.11 Å². The summed E-state index contributed by atoms with van der Waals surface area (Å²) in [7, 11) is 0. The molecule has 0 bridgehead atoms. The Balaban J connectivity index is 1.72. The number of nitrogens with one attached hydrogen (secondary N) is 2. The molecule has 1 aliphatic rings. The van der Waals surface area contributed by atoms with Crippen molar-refractivity contribution in [3.05, 3.63) is 35.6 Å². The number of nitrogens with zero attached hydrogens (tertiary/aromatic N) is 1. The van der Waals surface area contributed by atoms with E-state index in [4.69, 9.17) is 17.0 Å². The molecular formula is C13H16FN3OS. The van der Waals surface area contributed by atoms with E-state index in [2.05, 4.69) is 15.8 Å². The molecule has 4 nitrogen and oxygen atoms in total. The fourth-order valence-corrected chi connectivity index (χ4v) is 1.93. The monoisotopic (exact) mass is 281 g/mol. The Morgan fingerprint density at radius 3 is 3.11 bits per heavy atom. The summed E-state index contributed by atoms with van der Waals surface area (Å²) in [6.07, 6.45) is 3.76. The molecule has 0 unspecified atom stereocenters. The third-order valence-electron chi connectivity index (χ3n) is 2.79. The van der Waals surface area contributed by atoms with Crippen LogP contribution in [0, 0.1) is 5.82 Å². The smallest absolute Gasteiger partial charge is 0.187 e. The van der Waals surface area contributed by atoms with Crippen molar-refractivity contribution < 1.29 is 9.13 Å². The van der Waals surface area contributed by atoms with E-state index in [-0.39, 0.29) is 11.9 Å². The van der Waals surface area contributed by atoms with Crippen LogP contribution in [-0.4, -0.2) is 30.6 Å². The molecule has 1 fully saturated rings. The number of hydrazone groups is 1. The van der Waals surface area contributed by atoms with Crippen LogP contribution in [0.3, 0.4) is 0 Å². The molecule has 1 saturated heterocycles. The van der Waals surface area contributed by atoms with E-state index in [0.717, 1.165) is 19.4 Å². The van der Waals surface area contributed by atoms with Gasteiger partial charge >= 0.3 is 0 Å². The van der Waals surface area contributed by atoms with Gasteiger partial charge in [-0.05, 0) is 31.1 Å². The maximum Gasteiger partial charge on any atom is 0.187 e. The van der Waals surface area contributed by atoms with Crippen molar-refractivity contribution in [2.75, 3.05) is 13.2 Å². The van der Waals surface area contributed by atoms with E-state index in [1.165, 1.54) is 12.3 Å². The van der Waals surface area contributed by atoms with E-state index in [1.54, 1.807) is 18.2 Å². The summed E-state index contributed by atoms with van der Waals surface area (Å²) < 4.78 is 18.7. The van der Waals surface area contributed by atoms with Crippen molar-refractivity contribution in [3.8, 4) is 0 Å². The maximum atomic E-state index is 13.3. The van der Waals surface area contributed by atoms with Gasteiger partial charge in [-0.3, -0.25) is 5.43 Å². The molecule has 0 radical (unpaired) electrons. The summed E-state index contributed by atoms with van der Waals surface area (Å²) in [4.78, 5) is 0.